The predicted molar refractivity (Wildman–Crippen MR) is 129 cm³/mol. The number of amides is 1. The second kappa shape index (κ2) is 10.8. The van der Waals surface area contributed by atoms with Crippen molar-refractivity contribution in [3.8, 4) is 17.2 Å². The number of carbonyl (C=O) groups excluding carboxylic acids is 1. The van der Waals surface area contributed by atoms with Crippen molar-refractivity contribution in [2.45, 2.75) is 25.8 Å². The van der Waals surface area contributed by atoms with E-state index in [0.29, 0.717) is 39.3 Å². The zero-order valence-corrected chi connectivity index (χ0v) is 19.8. The van der Waals surface area contributed by atoms with Crippen molar-refractivity contribution in [2.75, 3.05) is 33.5 Å². The number of rotatable bonds is 8. The number of hydrogen-bond donors (Lipinski definition) is 0. The normalized spacial score (nSPS) is 17.9. The van der Waals surface area contributed by atoms with Gasteiger partial charge in [-0.3, -0.25) is 14.7 Å². The van der Waals surface area contributed by atoms with Crippen LogP contribution in [0.15, 0.2) is 66.9 Å². The molecule has 5 rings (SSSR count). The van der Waals surface area contributed by atoms with Crippen LogP contribution >= 0.6 is 0 Å². The zero-order valence-electron chi connectivity index (χ0n) is 19.8. The van der Waals surface area contributed by atoms with Crippen LogP contribution < -0.4 is 14.2 Å². The molecule has 0 saturated carbocycles. The number of pyridine rings is 1. The molecule has 8 heteroatoms. The largest absolute Gasteiger partial charge is 0.497 e. The molecule has 1 aromatic heterocycles. The van der Waals surface area contributed by atoms with E-state index in [9.17, 15) is 4.79 Å². The van der Waals surface area contributed by atoms with Crippen LogP contribution in [0, 0.1) is 0 Å². The third kappa shape index (κ3) is 5.90. The van der Waals surface area contributed by atoms with Gasteiger partial charge in [0.25, 0.3) is 0 Å². The molecule has 1 atom stereocenters. The molecule has 35 heavy (non-hydrogen) atoms. The average molecular weight is 476 g/mol. The minimum absolute atomic E-state index is 0.0591. The molecular weight excluding hydrogens is 446 g/mol. The Morgan fingerprint density at radius 3 is 2.74 bits per heavy atom. The summed E-state index contributed by atoms with van der Waals surface area (Å²) in [6.45, 7) is 3.17. The van der Waals surface area contributed by atoms with E-state index >= 15 is 0 Å². The predicted octanol–water partition coefficient (Wildman–Crippen LogP) is 3.25. The molecule has 2 aromatic carbocycles. The Labute approximate surface area is 205 Å². The monoisotopic (exact) mass is 475 g/mol. The van der Waals surface area contributed by atoms with E-state index in [0.717, 1.165) is 34.1 Å². The third-order valence-electron chi connectivity index (χ3n) is 6.14. The Bertz CT molecular complexity index is 1160. The number of nitrogens with zero attached hydrogens (tertiary/aromatic N) is 3. The lowest BCUT2D eigenvalue weighted by Gasteiger charge is -2.25. The highest BCUT2D eigenvalue weighted by Crippen LogP contribution is 2.33. The molecule has 0 N–H and O–H groups in total. The van der Waals surface area contributed by atoms with Crippen LogP contribution in [0.1, 0.15) is 16.8 Å². The fraction of sp³-hybridized carbons (Fsp3) is 0.333. The third-order valence-corrected chi connectivity index (χ3v) is 6.14. The summed E-state index contributed by atoms with van der Waals surface area (Å²) in [6, 6.07) is 19.5. The molecule has 3 aromatic rings. The van der Waals surface area contributed by atoms with Crippen molar-refractivity contribution in [3.63, 3.8) is 0 Å². The number of benzene rings is 2. The van der Waals surface area contributed by atoms with Crippen molar-refractivity contribution < 1.29 is 23.7 Å². The maximum absolute atomic E-state index is 13.2. The number of aromatic nitrogens is 1. The fourth-order valence-corrected chi connectivity index (χ4v) is 4.39. The summed E-state index contributed by atoms with van der Waals surface area (Å²) in [5.41, 5.74) is 2.95. The van der Waals surface area contributed by atoms with Gasteiger partial charge in [-0.15, -0.1) is 0 Å². The molecule has 0 spiro atoms. The van der Waals surface area contributed by atoms with E-state index < -0.39 is 0 Å². The Morgan fingerprint density at radius 2 is 1.89 bits per heavy atom. The SMILES string of the molecule is COc1cccc(COC2CN(Cc3ccc4c(c3)OCO4)CC(=O)N(Cc3ccccn3)C2)c1. The zero-order chi connectivity index (χ0) is 24.0. The standard InChI is InChI=1S/C27H29N3O5/c1-32-23-7-4-5-21(11-23)18-33-24-15-29(13-20-8-9-25-26(12-20)35-19-34-25)17-27(31)30(16-24)14-22-6-2-3-10-28-22/h2-12,24H,13-19H2,1H3. The highest BCUT2D eigenvalue weighted by molar-refractivity contribution is 5.78. The lowest BCUT2D eigenvalue weighted by molar-refractivity contribution is -0.132. The van der Waals surface area contributed by atoms with Gasteiger partial charge in [-0.1, -0.05) is 24.3 Å². The van der Waals surface area contributed by atoms with E-state index in [-0.39, 0.29) is 18.8 Å². The van der Waals surface area contributed by atoms with Crippen LogP contribution in [0.4, 0.5) is 0 Å². The van der Waals surface area contributed by atoms with Gasteiger partial charge in [0.05, 0.1) is 38.6 Å². The van der Waals surface area contributed by atoms with E-state index in [4.69, 9.17) is 18.9 Å². The highest BCUT2D eigenvalue weighted by atomic mass is 16.7. The molecule has 3 heterocycles. The van der Waals surface area contributed by atoms with Gasteiger partial charge in [0, 0.05) is 25.8 Å². The Kier molecular flexibility index (Phi) is 7.11. The smallest absolute Gasteiger partial charge is 0.237 e. The Hall–Kier alpha value is -3.62. The summed E-state index contributed by atoms with van der Waals surface area (Å²) in [6.07, 6.45) is 1.59. The molecular formula is C27H29N3O5. The average Bonchev–Trinajstić information content (AvgIpc) is 3.29. The molecule has 1 saturated heterocycles. The van der Waals surface area contributed by atoms with E-state index in [1.165, 1.54) is 0 Å². The van der Waals surface area contributed by atoms with Gasteiger partial charge in [0.15, 0.2) is 11.5 Å². The summed E-state index contributed by atoms with van der Waals surface area (Å²) in [5, 5.41) is 0. The van der Waals surface area contributed by atoms with E-state index in [1.54, 1.807) is 13.3 Å². The van der Waals surface area contributed by atoms with Crippen LogP contribution in [0.25, 0.3) is 0 Å². The molecule has 1 amide bonds. The molecule has 1 fully saturated rings. The van der Waals surface area contributed by atoms with Crippen molar-refractivity contribution in [1.29, 1.82) is 0 Å². The lowest BCUT2D eigenvalue weighted by atomic mass is 10.2. The van der Waals surface area contributed by atoms with Gasteiger partial charge >= 0.3 is 0 Å². The summed E-state index contributed by atoms with van der Waals surface area (Å²) in [5.74, 6) is 2.35. The van der Waals surface area contributed by atoms with Crippen LogP contribution in [0.3, 0.4) is 0 Å². The van der Waals surface area contributed by atoms with E-state index in [1.807, 2.05) is 65.6 Å². The highest BCUT2D eigenvalue weighted by Gasteiger charge is 2.29. The second-order valence-electron chi connectivity index (χ2n) is 8.74. The van der Waals surface area contributed by atoms with Crippen molar-refractivity contribution >= 4 is 5.91 Å². The molecule has 8 nitrogen and oxygen atoms in total. The number of fused-ring (bicyclic) bond motifs is 1. The van der Waals surface area contributed by atoms with Gasteiger partial charge in [-0.05, 0) is 47.5 Å². The maximum atomic E-state index is 13.2. The number of hydrogen-bond acceptors (Lipinski definition) is 7. The molecule has 2 aliphatic heterocycles. The molecule has 1 unspecified atom stereocenters. The van der Waals surface area contributed by atoms with Gasteiger partial charge in [-0.2, -0.15) is 0 Å². The lowest BCUT2D eigenvalue weighted by Crippen LogP contribution is -2.37. The number of ether oxygens (including phenoxy) is 4. The Morgan fingerprint density at radius 1 is 0.971 bits per heavy atom. The first-order valence-electron chi connectivity index (χ1n) is 11.7. The summed E-state index contributed by atoms with van der Waals surface area (Å²) < 4.78 is 22.6. The minimum atomic E-state index is -0.162. The minimum Gasteiger partial charge on any atom is -0.497 e. The fourth-order valence-electron chi connectivity index (χ4n) is 4.39. The second-order valence-corrected chi connectivity index (χ2v) is 8.74. The van der Waals surface area contributed by atoms with Gasteiger partial charge in [0.2, 0.25) is 12.7 Å². The Balaban J connectivity index is 1.31. The molecule has 0 radical (unpaired) electrons. The molecule has 182 valence electrons. The number of carbonyl (C=O) groups is 1. The summed E-state index contributed by atoms with van der Waals surface area (Å²) >= 11 is 0. The quantitative estimate of drug-likeness (QED) is 0.495. The molecule has 2 aliphatic rings. The topological polar surface area (TPSA) is 73.4 Å². The van der Waals surface area contributed by atoms with Crippen LogP contribution in [0.2, 0.25) is 0 Å². The van der Waals surface area contributed by atoms with E-state index in [2.05, 4.69) is 9.88 Å². The van der Waals surface area contributed by atoms with Gasteiger partial charge in [-0.25, -0.2) is 0 Å². The first kappa shape index (κ1) is 23.1. The first-order valence-corrected chi connectivity index (χ1v) is 11.7. The van der Waals surface area contributed by atoms with Gasteiger partial charge < -0.3 is 23.8 Å². The maximum Gasteiger partial charge on any atom is 0.237 e. The van der Waals surface area contributed by atoms with Crippen molar-refractivity contribution in [3.05, 3.63) is 83.7 Å². The van der Waals surface area contributed by atoms with Gasteiger partial charge in [0.1, 0.15) is 5.75 Å². The first-order chi connectivity index (χ1) is 17.2. The number of methoxy groups -OCH3 is 1. The van der Waals surface area contributed by atoms with Crippen LogP contribution in [0.5, 0.6) is 17.2 Å². The molecule has 0 bridgehead atoms. The van der Waals surface area contributed by atoms with Crippen LogP contribution in [-0.4, -0.2) is 60.3 Å². The van der Waals surface area contributed by atoms with Crippen molar-refractivity contribution in [2.24, 2.45) is 0 Å². The van der Waals surface area contributed by atoms with Crippen molar-refractivity contribution in [1.82, 2.24) is 14.8 Å². The summed E-state index contributed by atoms with van der Waals surface area (Å²) in [4.78, 5) is 21.6. The summed E-state index contributed by atoms with van der Waals surface area (Å²) in [7, 11) is 1.65. The molecule has 0 aliphatic carbocycles. The van der Waals surface area contributed by atoms with Crippen LogP contribution in [-0.2, 0) is 29.2 Å².